The van der Waals surface area contributed by atoms with Gasteiger partial charge in [0.15, 0.2) is 5.95 Å². The minimum atomic E-state index is -4.89. The molecule has 6 rings (SSSR count). The smallest absolute Gasteiger partial charge is 0.539 e. The van der Waals surface area contributed by atoms with Gasteiger partial charge in [0.2, 0.25) is 5.69 Å². The van der Waals surface area contributed by atoms with E-state index in [1.54, 1.807) is 12.1 Å². The summed E-state index contributed by atoms with van der Waals surface area (Å²) in [5, 5.41) is 17.4. The lowest BCUT2D eigenvalue weighted by Crippen LogP contribution is -2.39. The van der Waals surface area contributed by atoms with E-state index in [0.717, 1.165) is 50.4 Å². The summed E-state index contributed by atoms with van der Waals surface area (Å²) in [5.74, 6) is -2.33. The van der Waals surface area contributed by atoms with Gasteiger partial charge in [0, 0.05) is 28.1 Å². The molecule has 0 bridgehead atoms. The number of halogens is 4. The monoisotopic (exact) mass is 622 g/mol. The molecule has 0 atom stereocenters. The molecule has 13 heteroatoms. The predicted octanol–water partition coefficient (Wildman–Crippen LogP) is 6.64. The standard InChI is InChI=1S/C30H18ClF3N4O4S/c1-15-2-4-16(5-3-15)21-14-22(17-6-8-18(31)9-7-17)36-28-23(21)24(35)27(43-28)26(39)25-29(40)42-37-38(25)19-10-12-20(13-11-19)41-30(32,33)34/h2-14H,1H3,(H2-,35,37,39,40). The van der Waals surface area contributed by atoms with E-state index >= 15 is 0 Å². The molecule has 0 aliphatic rings. The largest absolute Gasteiger partial charge is 0.573 e. The van der Waals surface area contributed by atoms with E-state index in [2.05, 4.69) is 10.0 Å². The van der Waals surface area contributed by atoms with Gasteiger partial charge in [-0.15, -0.1) is 24.5 Å². The van der Waals surface area contributed by atoms with Crippen LogP contribution >= 0.6 is 22.9 Å². The van der Waals surface area contributed by atoms with Crippen LogP contribution in [-0.2, 0) is 0 Å². The number of pyridine rings is 1. The van der Waals surface area contributed by atoms with Crippen molar-refractivity contribution >= 4 is 44.6 Å². The molecule has 8 nitrogen and oxygen atoms in total. The van der Waals surface area contributed by atoms with E-state index in [1.165, 1.54) is 12.1 Å². The summed E-state index contributed by atoms with van der Waals surface area (Å²) < 4.78 is 47.3. The van der Waals surface area contributed by atoms with Crippen molar-refractivity contribution in [2.24, 2.45) is 0 Å². The number of carbonyl (C=O) groups is 1. The van der Waals surface area contributed by atoms with Crippen LogP contribution in [0.2, 0.25) is 5.02 Å². The van der Waals surface area contributed by atoms with Crippen molar-refractivity contribution in [3.63, 3.8) is 0 Å². The number of nitrogens with two attached hydrogens (primary N) is 1. The van der Waals surface area contributed by atoms with Crippen LogP contribution in [-0.4, -0.2) is 22.4 Å². The van der Waals surface area contributed by atoms with E-state index in [0.29, 0.717) is 20.9 Å². The first-order chi connectivity index (χ1) is 20.5. The highest BCUT2D eigenvalue weighted by atomic mass is 35.5. The summed E-state index contributed by atoms with van der Waals surface area (Å²) in [4.78, 5) is 19.1. The summed E-state index contributed by atoms with van der Waals surface area (Å²) in [7, 11) is 0. The quantitative estimate of drug-likeness (QED) is 0.163. The van der Waals surface area contributed by atoms with Crippen molar-refractivity contribution in [1.82, 2.24) is 10.3 Å². The molecule has 3 heterocycles. The number of benzene rings is 3. The number of anilines is 1. The minimum absolute atomic E-state index is 0.0233. The molecule has 0 radical (unpaired) electrons. The Morgan fingerprint density at radius 2 is 1.67 bits per heavy atom. The van der Waals surface area contributed by atoms with E-state index in [-0.39, 0.29) is 16.3 Å². The number of hydrogen-bond donors (Lipinski definition) is 1. The van der Waals surface area contributed by atoms with Crippen LogP contribution in [0.15, 0.2) is 83.4 Å². The lowest BCUT2D eigenvalue weighted by molar-refractivity contribution is -0.672. The van der Waals surface area contributed by atoms with Gasteiger partial charge in [0.05, 0.1) is 16.7 Å². The fourth-order valence-corrected chi connectivity index (χ4v) is 5.72. The van der Waals surface area contributed by atoms with E-state index in [1.807, 2.05) is 49.4 Å². The normalized spacial score (nSPS) is 11.7. The third-order valence-electron chi connectivity index (χ3n) is 6.55. The maximum absolute atomic E-state index is 13.8. The number of alkyl halides is 3. The molecule has 0 fully saturated rings. The molecule has 43 heavy (non-hydrogen) atoms. The number of aryl methyl sites for hydroxylation is 1. The number of rotatable bonds is 6. The Bertz CT molecular complexity index is 1990. The van der Waals surface area contributed by atoms with Gasteiger partial charge < -0.3 is 20.1 Å². The Morgan fingerprint density at radius 3 is 2.33 bits per heavy atom. The molecule has 3 aromatic carbocycles. The molecule has 0 saturated carbocycles. The van der Waals surface area contributed by atoms with Crippen LogP contribution in [0, 0.1) is 6.92 Å². The number of carbonyl (C=O) groups excluding carboxylic acids is 1. The summed E-state index contributed by atoms with van der Waals surface area (Å²) in [5.41, 5.74) is 10.3. The second-order valence-electron chi connectivity index (χ2n) is 9.44. The van der Waals surface area contributed by atoms with Crippen LogP contribution in [0.4, 0.5) is 18.9 Å². The van der Waals surface area contributed by atoms with Crippen molar-refractivity contribution in [1.29, 1.82) is 0 Å². The number of thiophene rings is 1. The molecule has 0 spiro atoms. The Balaban J connectivity index is 1.48. The van der Waals surface area contributed by atoms with Gasteiger partial charge in [-0.3, -0.25) is 4.79 Å². The summed E-state index contributed by atoms with van der Waals surface area (Å²) in [6.45, 7) is 1.96. The molecule has 3 aromatic heterocycles. The van der Waals surface area contributed by atoms with Gasteiger partial charge >= 0.3 is 12.1 Å². The molecule has 2 N–H and O–H groups in total. The molecule has 0 aliphatic carbocycles. The van der Waals surface area contributed by atoms with Gasteiger partial charge in [-0.05, 0) is 53.1 Å². The van der Waals surface area contributed by atoms with Crippen molar-refractivity contribution < 1.29 is 37.0 Å². The van der Waals surface area contributed by atoms with E-state index < -0.39 is 29.5 Å². The number of nitrogens with zero attached hydrogens (tertiary/aromatic N) is 3. The highest BCUT2D eigenvalue weighted by molar-refractivity contribution is 7.21. The van der Waals surface area contributed by atoms with Gasteiger partial charge in [0.25, 0.3) is 5.78 Å². The lowest BCUT2D eigenvalue weighted by Gasteiger charge is -2.09. The second-order valence-corrected chi connectivity index (χ2v) is 10.9. The molecular formula is C30H18ClF3N4O4S. The molecular weight excluding hydrogens is 605 g/mol. The van der Waals surface area contributed by atoms with Crippen molar-refractivity contribution in [3.8, 4) is 39.8 Å². The molecule has 0 aliphatic heterocycles. The predicted molar refractivity (Wildman–Crippen MR) is 152 cm³/mol. The number of nitrogen functional groups attached to an aromatic ring is 1. The van der Waals surface area contributed by atoms with Gasteiger partial charge in [0.1, 0.15) is 15.5 Å². The fourth-order valence-electron chi connectivity index (χ4n) is 4.53. The van der Waals surface area contributed by atoms with Crippen LogP contribution in [0.25, 0.3) is 38.3 Å². The van der Waals surface area contributed by atoms with Gasteiger partial charge in [-0.25, -0.2) is 4.98 Å². The molecule has 6 aromatic rings. The zero-order chi connectivity index (χ0) is 30.5. The highest BCUT2D eigenvalue weighted by Crippen LogP contribution is 2.42. The minimum Gasteiger partial charge on any atom is -0.539 e. The lowest BCUT2D eigenvalue weighted by atomic mass is 9.98. The molecule has 0 unspecified atom stereocenters. The third kappa shape index (κ3) is 5.49. The van der Waals surface area contributed by atoms with E-state index in [9.17, 15) is 23.1 Å². The second kappa shape index (κ2) is 10.7. The van der Waals surface area contributed by atoms with Crippen molar-refractivity contribution in [2.75, 3.05) is 5.73 Å². The fraction of sp³-hybridized carbons (Fsp3) is 0.0667. The first kappa shape index (κ1) is 28.2. The third-order valence-corrected chi connectivity index (χ3v) is 7.90. The number of ketones is 1. The molecule has 0 saturated heterocycles. The molecule has 0 amide bonds. The zero-order valence-corrected chi connectivity index (χ0v) is 23.6. The molecule has 216 valence electrons. The van der Waals surface area contributed by atoms with Crippen LogP contribution in [0.1, 0.15) is 20.9 Å². The Morgan fingerprint density at radius 1 is 1.02 bits per heavy atom. The maximum Gasteiger partial charge on any atom is 0.573 e. The number of fused-ring (bicyclic) bond motifs is 1. The maximum atomic E-state index is 13.8. The Kier molecular flexibility index (Phi) is 7.03. The van der Waals surface area contributed by atoms with E-state index in [4.69, 9.17) is 26.8 Å². The van der Waals surface area contributed by atoms with Gasteiger partial charge in [-0.1, -0.05) is 53.6 Å². The van der Waals surface area contributed by atoms with Crippen LogP contribution in [0.5, 0.6) is 11.7 Å². The highest BCUT2D eigenvalue weighted by Gasteiger charge is 2.34. The Hall–Kier alpha value is -4.94. The SMILES string of the molecule is Cc1ccc(-c2cc(-c3ccc(Cl)cc3)nc3sc(C(=O)c4c([O-])on[n+]4-c4ccc(OC(F)(F)F)cc4)c(N)c23)cc1. The summed E-state index contributed by atoms with van der Waals surface area (Å²) in [6.07, 6.45) is -4.89. The average molecular weight is 623 g/mol. The summed E-state index contributed by atoms with van der Waals surface area (Å²) in [6, 6.07) is 21.2. The first-order valence-corrected chi connectivity index (χ1v) is 13.7. The first-order valence-electron chi connectivity index (χ1n) is 12.5. The van der Waals surface area contributed by atoms with Crippen molar-refractivity contribution in [2.45, 2.75) is 13.3 Å². The van der Waals surface area contributed by atoms with Gasteiger partial charge in [-0.2, -0.15) is 0 Å². The van der Waals surface area contributed by atoms with Crippen LogP contribution in [0.3, 0.4) is 0 Å². The number of hydrogen-bond acceptors (Lipinski definition) is 8. The number of ether oxygens (including phenoxy) is 1. The average Bonchev–Trinajstić information content (AvgIpc) is 3.52. The summed E-state index contributed by atoms with van der Waals surface area (Å²) >= 11 is 7.08. The van der Waals surface area contributed by atoms with Crippen molar-refractivity contribution in [3.05, 3.63) is 100 Å². The number of aromatic nitrogens is 3. The topological polar surface area (TPSA) is 118 Å². The Labute approximate surface area is 250 Å². The van der Waals surface area contributed by atoms with Crippen LogP contribution < -0.4 is 20.3 Å². The zero-order valence-electron chi connectivity index (χ0n) is 22.0.